The number of hydrogen-bond acceptors (Lipinski definition) is 6. The van der Waals surface area contributed by atoms with E-state index in [1.165, 1.54) is 10.9 Å². The number of nitrogens with two attached hydrogens (primary N) is 1. The standard InChI is InChI=1S/C11H15N5O2S/c1-8(7-19(2,17)18)16-11(13-14-15-16)9-5-3-4-6-10(9)12/h3-6,8H,7,12H2,1-2H3. The Balaban J connectivity index is 2.41. The summed E-state index contributed by atoms with van der Waals surface area (Å²) in [6.07, 6.45) is 1.18. The molecule has 0 aliphatic rings. The third-order valence-corrected chi connectivity index (χ3v) is 3.74. The van der Waals surface area contributed by atoms with E-state index in [9.17, 15) is 8.42 Å². The number of anilines is 1. The second-order valence-electron chi connectivity index (χ2n) is 4.48. The molecule has 2 rings (SSSR count). The van der Waals surface area contributed by atoms with Crippen LogP contribution in [0.4, 0.5) is 5.69 Å². The van der Waals surface area contributed by atoms with Crippen LogP contribution in [0, 0.1) is 0 Å². The highest BCUT2D eigenvalue weighted by atomic mass is 32.2. The van der Waals surface area contributed by atoms with Crippen molar-refractivity contribution < 1.29 is 8.42 Å². The maximum absolute atomic E-state index is 11.3. The summed E-state index contributed by atoms with van der Waals surface area (Å²) >= 11 is 0. The first kappa shape index (κ1) is 13.5. The molecule has 1 aromatic carbocycles. The number of benzene rings is 1. The zero-order valence-corrected chi connectivity index (χ0v) is 11.5. The minimum atomic E-state index is -3.11. The van der Waals surface area contributed by atoms with Gasteiger partial charge in [0.2, 0.25) is 0 Å². The van der Waals surface area contributed by atoms with Crippen LogP contribution >= 0.6 is 0 Å². The smallest absolute Gasteiger partial charge is 0.184 e. The lowest BCUT2D eigenvalue weighted by atomic mass is 10.1. The van der Waals surface area contributed by atoms with Gasteiger partial charge in [0.15, 0.2) is 5.82 Å². The van der Waals surface area contributed by atoms with E-state index < -0.39 is 9.84 Å². The number of hydrogen-bond donors (Lipinski definition) is 1. The normalized spacial score (nSPS) is 13.4. The lowest BCUT2D eigenvalue weighted by molar-refractivity contribution is 0.509. The topological polar surface area (TPSA) is 104 Å². The third kappa shape index (κ3) is 3.08. The van der Waals surface area contributed by atoms with E-state index in [0.717, 1.165) is 0 Å². The summed E-state index contributed by atoms with van der Waals surface area (Å²) in [5, 5.41) is 11.4. The van der Waals surface area contributed by atoms with Crippen LogP contribution in [0.1, 0.15) is 13.0 Å². The third-order valence-electron chi connectivity index (χ3n) is 2.66. The number of nitrogen functional groups attached to an aromatic ring is 1. The molecule has 1 aromatic heterocycles. The Labute approximate surface area is 111 Å². The molecular weight excluding hydrogens is 266 g/mol. The number of aromatic nitrogens is 4. The van der Waals surface area contributed by atoms with E-state index in [1.807, 2.05) is 12.1 Å². The molecule has 7 nitrogen and oxygen atoms in total. The predicted molar refractivity (Wildman–Crippen MR) is 72.1 cm³/mol. The zero-order valence-electron chi connectivity index (χ0n) is 10.7. The molecule has 0 saturated carbocycles. The first-order chi connectivity index (χ1) is 8.88. The molecule has 0 aliphatic carbocycles. The highest BCUT2D eigenvalue weighted by Gasteiger charge is 2.19. The molecule has 8 heteroatoms. The van der Waals surface area contributed by atoms with Crippen LogP contribution in [-0.4, -0.2) is 40.6 Å². The van der Waals surface area contributed by atoms with Gasteiger partial charge in [-0.15, -0.1) is 5.10 Å². The molecule has 0 radical (unpaired) electrons. The quantitative estimate of drug-likeness (QED) is 0.820. The fourth-order valence-electron chi connectivity index (χ4n) is 1.88. The zero-order chi connectivity index (χ0) is 14.0. The van der Waals surface area contributed by atoms with Crippen molar-refractivity contribution >= 4 is 15.5 Å². The highest BCUT2D eigenvalue weighted by molar-refractivity contribution is 7.90. The lowest BCUT2D eigenvalue weighted by Gasteiger charge is -2.13. The molecule has 1 unspecified atom stereocenters. The summed E-state index contributed by atoms with van der Waals surface area (Å²) in [6.45, 7) is 1.75. The largest absolute Gasteiger partial charge is 0.398 e. The highest BCUT2D eigenvalue weighted by Crippen LogP contribution is 2.24. The van der Waals surface area contributed by atoms with Gasteiger partial charge in [-0.25, -0.2) is 13.1 Å². The van der Waals surface area contributed by atoms with Gasteiger partial charge in [-0.05, 0) is 29.5 Å². The van der Waals surface area contributed by atoms with Crippen LogP contribution < -0.4 is 5.73 Å². The second-order valence-corrected chi connectivity index (χ2v) is 6.66. The van der Waals surface area contributed by atoms with Crippen LogP contribution in [-0.2, 0) is 9.84 Å². The van der Waals surface area contributed by atoms with Gasteiger partial charge in [0.05, 0.1) is 11.8 Å². The summed E-state index contributed by atoms with van der Waals surface area (Å²) in [4.78, 5) is 0. The number of nitrogens with zero attached hydrogens (tertiary/aromatic N) is 4. The van der Waals surface area contributed by atoms with Crippen molar-refractivity contribution in [2.24, 2.45) is 0 Å². The fourth-order valence-corrected chi connectivity index (χ4v) is 2.89. The van der Waals surface area contributed by atoms with E-state index >= 15 is 0 Å². The summed E-state index contributed by atoms with van der Waals surface area (Å²) in [5.74, 6) is 0.437. The summed E-state index contributed by atoms with van der Waals surface area (Å²) in [5.41, 5.74) is 7.12. The Hall–Kier alpha value is -1.96. The predicted octanol–water partition coefficient (Wildman–Crippen LogP) is 0.528. The first-order valence-electron chi connectivity index (χ1n) is 5.69. The van der Waals surface area contributed by atoms with Crippen LogP contribution in [0.15, 0.2) is 24.3 Å². The lowest BCUT2D eigenvalue weighted by Crippen LogP contribution is -2.18. The maximum Gasteiger partial charge on any atom is 0.184 e. The van der Waals surface area contributed by atoms with Crippen molar-refractivity contribution in [1.29, 1.82) is 0 Å². The van der Waals surface area contributed by atoms with Gasteiger partial charge in [0.25, 0.3) is 0 Å². The van der Waals surface area contributed by atoms with Gasteiger partial charge >= 0.3 is 0 Å². The van der Waals surface area contributed by atoms with Crippen molar-refractivity contribution in [3.8, 4) is 11.4 Å². The molecule has 102 valence electrons. The molecule has 0 amide bonds. The Morgan fingerprint density at radius 3 is 2.68 bits per heavy atom. The summed E-state index contributed by atoms with van der Waals surface area (Å²) in [7, 11) is -3.11. The Morgan fingerprint density at radius 1 is 1.37 bits per heavy atom. The van der Waals surface area contributed by atoms with E-state index in [1.54, 1.807) is 19.1 Å². The van der Waals surface area contributed by atoms with Gasteiger partial charge in [-0.1, -0.05) is 12.1 Å². The molecule has 0 bridgehead atoms. The molecule has 0 spiro atoms. The maximum atomic E-state index is 11.3. The van der Waals surface area contributed by atoms with Gasteiger partial charge in [-0.3, -0.25) is 0 Å². The molecule has 2 aromatic rings. The molecule has 2 N–H and O–H groups in total. The van der Waals surface area contributed by atoms with Gasteiger partial charge in [0, 0.05) is 17.5 Å². The van der Waals surface area contributed by atoms with E-state index in [0.29, 0.717) is 17.1 Å². The Kier molecular flexibility index (Phi) is 3.52. The number of rotatable bonds is 4. The molecule has 0 fully saturated rings. The molecule has 1 atom stereocenters. The van der Waals surface area contributed by atoms with Crippen LogP contribution in [0.3, 0.4) is 0 Å². The molecule has 0 aliphatic heterocycles. The Morgan fingerprint density at radius 2 is 2.05 bits per heavy atom. The summed E-state index contributed by atoms with van der Waals surface area (Å²) in [6, 6.07) is 6.82. The number of para-hydroxylation sites is 1. The number of sulfone groups is 1. The van der Waals surface area contributed by atoms with Crippen molar-refractivity contribution in [2.45, 2.75) is 13.0 Å². The first-order valence-corrected chi connectivity index (χ1v) is 7.75. The average molecular weight is 281 g/mol. The van der Waals surface area contributed by atoms with Crippen molar-refractivity contribution in [3.63, 3.8) is 0 Å². The molecule has 19 heavy (non-hydrogen) atoms. The summed E-state index contributed by atoms with van der Waals surface area (Å²) < 4.78 is 24.2. The minimum Gasteiger partial charge on any atom is -0.398 e. The van der Waals surface area contributed by atoms with Crippen LogP contribution in [0.2, 0.25) is 0 Å². The van der Waals surface area contributed by atoms with Crippen LogP contribution in [0.5, 0.6) is 0 Å². The molecule has 0 saturated heterocycles. The van der Waals surface area contributed by atoms with Gasteiger partial charge in [0.1, 0.15) is 9.84 Å². The SMILES string of the molecule is CC(CS(C)(=O)=O)n1nnnc1-c1ccccc1N. The monoisotopic (exact) mass is 281 g/mol. The fraction of sp³-hybridized carbons (Fsp3) is 0.364. The Bertz CT molecular complexity index is 680. The molecule has 1 heterocycles. The van der Waals surface area contributed by atoms with Crippen molar-refractivity contribution in [1.82, 2.24) is 20.2 Å². The van der Waals surface area contributed by atoms with E-state index in [2.05, 4.69) is 15.5 Å². The van der Waals surface area contributed by atoms with E-state index in [-0.39, 0.29) is 11.8 Å². The van der Waals surface area contributed by atoms with Crippen LogP contribution in [0.25, 0.3) is 11.4 Å². The average Bonchev–Trinajstić information content (AvgIpc) is 2.76. The number of tetrazole rings is 1. The minimum absolute atomic E-state index is 0.0300. The van der Waals surface area contributed by atoms with Gasteiger partial charge < -0.3 is 5.73 Å². The van der Waals surface area contributed by atoms with Crippen molar-refractivity contribution in [2.75, 3.05) is 17.7 Å². The van der Waals surface area contributed by atoms with Gasteiger partial charge in [-0.2, -0.15) is 0 Å². The van der Waals surface area contributed by atoms with Crippen molar-refractivity contribution in [3.05, 3.63) is 24.3 Å². The second kappa shape index (κ2) is 4.96. The molecular formula is C11H15N5O2S. The van der Waals surface area contributed by atoms with E-state index in [4.69, 9.17) is 5.73 Å².